The quantitative estimate of drug-likeness (QED) is 0.202. The van der Waals surface area contributed by atoms with Crippen LogP contribution in [0.4, 0.5) is 0 Å². The topological polar surface area (TPSA) is 176 Å². The van der Waals surface area contributed by atoms with Gasteiger partial charge in [0.05, 0.1) is 26.5 Å². The van der Waals surface area contributed by atoms with Gasteiger partial charge in [-0.1, -0.05) is 0 Å². The van der Waals surface area contributed by atoms with E-state index in [4.69, 9.17) is 10.2 Å². The molecule has 0 saturated heterocycles. The predicted octanol–water partition coefficient (Wildman–Crippen LogP) is 0.621. The molecule has 176 valence electrons. The van der Waals surface area contributed by atoms with Crippen molar-refractivity contribution in [1.29, 1.82) is 0 Å². The summed E-state index contributed by atoms with van der Waals surface area (Å²) >= 11 is 2.09. The monoisotopic (exact) mass is 486 g/mol. The van der Waals surface area contributed by atoms with Gasteiger partial charge in [0.25, 0.3) is 0 Å². The lowest BCUT2D eigenvalue weighted by Crippen LogP contribution is -2.48. The molecule has 32 heavy (non-hydrogen) atoms. The molecule has 1 aromatic rings. The van der Waals surface area contributed by atoms with Gasteiger partial charge in [0.2, 0.25) is 11.6 Å². The van der Waals surface area contributed by atoms with Crippen LogP contribution in [0.5, 0.6) is 11.5 Å². The fourth-order valence-electron chi connectivity index (χ4n) is 3.87. The lowest BCUT2D eigenvalue weighted by Gasteiger charge is -2.39. The van der Waals surface area contributed by atoms with E-state index < -0.39 is 52.0 Å². The Morgan fingerprint density at radius 1 is 0.906 bits per heavy atom. The number of aromatic hydroxyl groups is 2. The maximum Gasteiger partial charge on any atom is 0.205 e. The summed E-state index contributed by atoms with van der Waals surface area (Å²) in [7, 11) is 0. The molecule has 3 atom stereocenters. The van der Waals surface area contributed by atoms with Crippen molar-refractivity contribution >= 4 is 35.1 Å². The van der Waals surface area contributed by atoms with Gasteiger partial charge in [-0.3, -0.25) is 9.59 Å². The molecule has 0 bridgehead atoms. The van der Waals surface area contributed by atoms with E-state index in [1.165, 1.54) is 6.92 Å². The molecule has 0 spiro atoms. The van der Waals surface area contributed by atoms with Gasteiger partial charge in [-0.05, 0) is 19.8 Å². The van der Waals surface area contributed by atoms with Crippen LogP contribution in [0, 0.1) is 0 Å². The minimum Gasteiger partial charge on any atom is -0.507 e. The van der Waals surface area contributed by atoms with E-state index in [0.717, 1.165) is 23.5 Å². The average Bonchev–Trinajstić information content (AvgIpc) is 2.74. The van der Waals surface area contributed by atoms with Crippen LogP contribution in [-0.2, 0) is 6.42 Å². The molecule has 0 radical (unpaired) electrons. The first-order chi connectivity index (χ1) is 15.1. The molecule has 7 N–H and O–H groups in total. The molecule has 2 aliphatic rings. The highest BCUT2D eigenvalue weighted by Gasteiger charge is 2.48. The first-order valence-corrected chi connectivity index (χ1v) is 12.1. The van der Waals surface area contributed by atoms with E-state index in [1.807, 2.05) is 0 Å². The Morgan fingerprint density at radius 3 is 1.84 bits per heavy atom. The number of aliphatic hydroxyl groups is 5. The van der Waals surface area contributed by atoms with E-state index in [0.29, 0.717) is 24.3 Å². The summed E-state index contributed by atoms with van der Waals surface area (Å²) in [5.41, 5.74) is -3.12. The fourth-order valence-corrected chi connectivity index (χ4v) is 6.09. The molecule has 11 heteroatoms. The van der Waals surface area contributed by atoms with Gasteiger partial charge in [0, 0.05) is 42.3 Å². The molecule has 3 rings (SSSR count). The summed E-state index contributed by atoms with van der Waals surface area (Å²) in [6.45, 7) is 1.02. The normalized spacial score (nSPS) is 25.2. The number of phenols is 2. The third-order valence-corrected chi connectivity index (χ3v) is 8.00. The van der Waals surface area contributed by atoms with Crippen molar-refractivity contribution in [2.75, 3.05) is 24.7 Å². The van der Waals surface area contributed by atoms with Crippen LogP contribution in [0.2, 0.25) is 0 Å². The first kappa shape index (κ1) is 25.0. The van der Waals surface area contributed by atoms with E-state index >= 15 is 0 Å². The first-order valence-electron chi connectivity index (χ1n) is 10.1. The summed E-state index contributed by atoms with van der Waals surface area (Å²) in [5, 5.41) is 71.1. The zero-order valence-electron chi connectivity index (χ0n) is 17.4. The zero-order valence-corrected chi connectivity index (χ0v) is 19.0. The smallest absolute Gasteiger partial charge is 0.205 e. The average molecular weight is 487 g/mol. The second-order valence-electron chi connectivity index (χ2n) is 7.93. The van der Waals surface area contributed by atoms with Crippen molar-refractivity contribution in [2.45, 2.75) is 44.0 Å². The van der Waals surface area contributed by atoms with Crippen LogP contribution in [-0.4, -0.2) is 83.7 Å². The Balaban J connectivity index is 2.19. The molecular formula is C21H26O9S2. The molecule has 9 nitrogen and oxygen atoms in total. The number of fused-ring (bicyclic) bond motifs is 2. The summed E-state index contributed by atoms with van der Waals surface area (Å²) in [5.74, 6) is -2.09. The minimum atomic E-state index is -1.84. The van der Waals surface area contributed by atoms with Gasteiger partial charge in [0.1, 0.15) is 23.7 Å². The Morgan fingerprint density at radius 2 is 1.38 bits per heavy atom. The second-order valence-corrected chi connectivity index (χ2v) is 10.1. The molecule has 0 unspecified atom stereocenters. The lowest BCUT2D eigenvalue weighted by molar-refractivity contribution is -0.126. The largest absolute Gasteiger partial charge is 0.507 e. The van der Waals surface area contributed by atoms with Crippen LogP contribution in [0.15, 0.2) is 9.81 Å². The number of allylic oxidation sites excluding steroid dienone is 2. The zero-order chi connectivity index (χ0) is 23.8. The Labute approximate surface area is 192 Å². The van der Waals surface area contributed by atoms with Crippen molar-refractivity contribution in [2.24, 2.45) is 0 Å². The lowest BCUT2D eigenvalue weighted by atomic mass is 9.74. The number of benzene rings is 1. The van der Waals surface area contributed by atoms with Gasteiger partial charge in [-0.2, -0.15) is 0 Å². The van der Waals surface area contributed by atoms with Gasteiger partial charge < -0.3 is 35.7 Å². The molecule has 0 amide bonds. The molecular weight excluding hydrogens is 460 g/mol. The van der Waals surface area contributed by atoms with E-state index in [1.54, 1.807) is 0 Å². The third-order valence-electron chi connectivity index (χ3n) is 5.53. The van der Waals surface area contributed by atoms with Crippen LogP contribution in [0.25, 0.3) is 0 Å². The van der Waals surface area contributed by atoms with Crippen molar-refractivity contribution in [3.05, 3.63) is 32.1 Å². The highest BCUT2D eigenvalue weighted by molar-refractivity contribution is 8.08. The number of hydrogen-bond donors (Lipinski definition) is 7. The van der Waals surface area contributed by atoms with Crippen LogP contribution in [0.3, 0.4) is 0 Å². The number of carbonyl (C=O) groups is 2. The molecule has 0 aliphatic heterocycles. The molecule has 0 saturated carbocycles. The number of hydrogen-bond acceptors (Lipinski definition) is 11. The fraction of sp³-hybridized carbons (Fsp3) is 0.524. The molecule has 2 aliphatic carbocycles. The summed E-state index contributed by atoms with van der Waals surface area (Å²) < 4.78 is 0. The van der Waals surface area contributed by atoms with Crippen LogP contribution >= 0.6 is 23.5 Å². The highest BCUT2D eigenvalue weighted by Crippen LogP contribution is 2.52. The van der Waals surface area contributed by atoms with Crippen LogP contribution < -0.4 is 0 Å². The molecule has 0 aromatic heterocycles. The molecule has 0 fully saturated rings. The van der Waals surface area contributed by atoms with Crippen molar-refractivity contribution in [3.63, 3.8) is 0 Å². The van der Waals surface area contributed by atoms with Crippen LogP contribution in [0.1, 0.15) is 57.7 Å². The van der Waals surface area contributed by atoms with Crippen molar-refractivity contribution in [3.8, 4) is 11.5 Å². The van der Waals surface area contributed by atoms with Crippen molar-refractivity contribution in [1.82, 2.24) is 0 Å². The van der Waals surface area contributed by atoms with Gasteiger partial charge in [0.15, 0.2) is 0 Å². The van der Waals surface area contributed by atoms with Gasteiger partial charge in [-0.25, -0.2) is 0 Å². The predicted molar refractivity (Wildman–Crippen MR) is 119 cm³/mol. The number of Topliss-reactive ketones (excluding diaryl/α,β-unsaturated/α-hetero) is 2. The number of phenolic OH excluding ortho intramolecular Hbond substituents is 2. The third kappa shape index (κ3) is 4.18. The summed E-state index contributed by atoms with van der Waals surface area (Å²) in [4.78, 5) is 26.8. The Bertz CT molecular complexity index is 971. The standard InChI is InChI=1S/C21H26O9S2/c1-21(30)8-9-10(17(28)20(21)29)14(25)12-11(13(9)24)15(26)18(31-6-2-4-22)19(16(12)27)32-7-3-5-23/h17,20,22-25,28-30H,2-8H2,1H3/t17-,20+,21-/m0/s1. The maximum absolute atomic E-state index is 13.4. The maximum atomic E-state index is 13.4. The van der Waals surface area contributed by atoms with Crippen molar-refractivity contribution < 1.29 is 45.3 Å². The van der Waals surface area contributed by atoms with E-state index in [2.05, 4.69) is 0 Å². The summed E-state index contributed by atoms with van der Waals surface area (Å²) in [6, 6.07) is 0. The molecule has 0 heterocycles. The second kappa shape index (κ2) is 9.72. The minimum absolute atomic E-state index is 0.0476. The van der Waals surface area contributed by atoms with Gasteiger partial charge >= 0.3 is 0 Å². The van der Waals surface area contributed by atoms with E-state index in [9.17, 15) is 35.1 Å². The Kier molecular flexibility index (Phi) is 7.60. The van der Waals surface area contributed by atoms with Gasteiger partial charge in [-0.15, -0.1) is 23.5 Å². The number of thioether (sulfide) groups is 2. The highest BCUT2D eigenvalue weighted by atomic mass is 32.2. The number of rotatable bonds is 8. The number of aliphatic hydroxyl groups excluding tert-OH is 4. The number of carbonyl (C=O) groups excluding carboxylic acids is 2. The Hall–Kier alpha value is -1.60. The van der Waals surface area contributed by atoms with E-state index in [-0.39, 0.29) is 40.6 Å². The molecule has 1 aromatic carbocycles. The summed E-state index contributed by atoms with van der Waals surface area (Å²) in [6.07, 6.45) is -3.11. The SMILES string of the molecule is C[C@]1(O)Cc2c(O)c3c(c(O)c2[C@H](O)[C@H]1O)C(=O)C(SCCCO)=C(SCCCO)C3=O. The number of ketones is 2.